The average molecular weight is 332 g/mol. The fraction of sp³-hybridized carbons (Fsp3) is 0.500. The number of furan rings is 1. The van der Waals surface area contributed by atoms with Gasteiger partial charge < -0.3 is 19.7 Å². The predicted octanol–water partition coefficient (Wildman–Crippen LogP) is 3.08. The van der Waals surface area contributed by atoms with Crippen molar-refractivity contribution in [1.29, 1.82) is 0 Å². The molecule has 2 aliphatic heterocycles. The van der Waals surface area contributed by atoms with E-state index in [0.29, 0.717) is 24.2 Å². The molecule has 0 spiro atoms. The standard InChI is InChI=1S/C18H21FN2O3/c1-10-15-6-11(19)2-5-16(15)24-17(10)9-20-18(23)21-12-3-4-13(21)8-14(22)7-12/h2,5-6,12-14,22H,3-4,7-9H2,1H3,(H,20,23). The quantitative estimate of drug-likeness (QED) is 0.888. The van der Waals surface area contributed by atoms with Gasteiger partial charge in [-0.3, -0.25) is 0 Å². The van der Waals surface area contributed by atoms with Crippen LogP contribution in [0.2, 0.25) is 0 Å². The molecule has 2 aromatic rings. The monoisotopic (exact) mass is 332 g/mol. The number of rotatable bonds is 2. The molecular weight excluding hydrogens is 311 g/mol. The van der Waals surface area contributed by atoms with Gasteiger partial charge in [-0.2, -0.15) is 0 Å². The van der Waals surface area contributed by atoms with Crippen molar-refractivity contribution >= 4 is 17.0 Å². The van der Waals surface area contributed by atoms with Gasteiger partial charge in [0.05, 0.1) is 12.6 Å². The van der Waals surface area contributed by atoms with E-state index in [-0.39, 0.29) is 36.6 Å². The maximum atomic E-state index is 13.4. The van der Waals surface area contributed by atoms with Crippen LogP contribution in [-0.4, -0.2) is 34.2 Å². The summed E-state index contributed by atoms with van der Waals surface area (Å²) in [4.78, 5) is 14.4. The summed E-state index contributed by atoms with van der Waals surface area (Å²) in [5.41, 5.74) is 1.47. The van der Waals surface area contributed by atoms with Crippen molar-refractivity contribution in [2.45, 2.75) is 57.3 Å². The summed E-state index contributed by atoms with van der Waals surface area (Å²) in [6.45, 7) is 2.15. The van der Waals surface area contributed by atoms with Crippen LogP contribution in [0.25, 0.3) is 11.0 Å². The molecule has 2 fully saturated rings. The van der Waals surface area contributed by atoms with Crippen LogP contribution in [0, 0.1) is 12.7 Å². The van der Waals surface area contributed by atoms with Gasteiger partial charge in [0, 0.05) is 23.0 Å². The molecule has 2 amide bonds. The van der Waals surface area contributed by atoms with E-state index < -0.39 is 0 Å². The Bertz CT molecular complexity index is 774. The van der Waals surface area contributed by atoms with E-state index in [1.165, 1.54) is 12.1 Å². The van der Waals surface area contributed by atoms with E-state index in [2.05, 4.69) is 5.32 Å². The first-order valence-electron chi connectivity index (χ1n) is 8.44. The molecular formula is C18H21FN2O3. The Hall–Kier alpha value is -2.08. The minimum Gasteiger partial charge on any atom is -0.459 e. The highest BCUT2D eigenvalue weighted by Crippen LogP contribution is 2.35. The van der Waals surface area contributed by atoms with Gasteiger partial charge in [0.1, 0.15) is 17.2 Å². The molecule has 2 aliphatic rings. The molecule has 1 aromatic carbocycles. The third-order valence-corrected chi connectivity index (χ3v) is 5.34. The third-order valence-electron chi connectivity index (χ3n) is 5.34. The second kappa shape index (κ2) is 5.77. The number of carbonyl (C=O) groups excluding carboxylic acids is 1. The Kier molecular flexibility index (Phi) is 3.72. The van der Waals surface area contributed by atoms with Gasteiger partial charge in [0.25, 0.3) is 0 Å². The van der Waals surface area contributed by atoms with Crippen LogP contribution in [0.3, 0.4) is 0 Å². The van der Waals surface area contributed by atoms with Gasteiger partial charge in [0.2, 0.25) is 0 Å². The summed E-state index contributed by atoms with van der Waals surface area (Å²) in [6, 6.07) is 4.57. The SMILES string of the molecule is Cc1c(CNC(=O)N2C3CCC2CC(O)C3)oc2ccc(F)cc12. The lowest BCUT2D eigenvalue weighted by atomic mass is 10.0. The summed E-state index contributed by atoms with van der Waals surface area (Å²) in [5, 5.41) is 13.5. The van der Waals surface area contributed by atoms with Crippen LogP contribution < -0.4 is 5.32 Å². The normalized spacial score (nSPS) is 26.1. The number of aliphatic hydroxyl groups excluding tert-OH is 1. The summed E-state index contributed by atoms with van der Waals surface area (Å²) in [7, 11) is 0. The largest absolute Gasteiger partial charge is 0.459 e. The zero-order chi connectivity index (χ0) is 16.8. The molecule has 6 heteroatoms. The highest BCUT2D eigenvalue weighted by molar-refractivity contribution is 5.82. The zero-order valence-electron chi connectivity index (χ0n) is 13.6. The number of halogens is 1. The molecule has 0 aliphatic carbocycles. The van der Waals surface area contributed by atoms with E-state index in [9.17, 15) is 14.3 Å². The van der Waals surface area contributed by atoms with Crippen molar-refractivity contribution in [3.05, 3.63) is 35.3 Å². The van der Waals surface area contributed by atoms with E-state index >= 15 is 0 Å². The van der Waals surface area contributed by atoms with Gasteiger partial charge >= 0.3 is 6.03 Å². The van der Waals surface area contributed by atoms with Crippen LogP contribution in [0.4, 0.5) is 9.18 Å². The fourth-order valence-corrected chi connectivity index (χ4v) is 4.14. The Labute approximate surface area is 139 Å². The predicted molar refractivity (Wildman–Crippen MR) is 87.0 cm³/mol. The van der Waals surface area contributed by atoms with Gasteiger partial charge in [-0.25, -0.2) is 9.18 Å². The summed E-state index contributed by atoms with van der Waals surface area (Å²) >= 11 is 0. The summed E-state index contributed by atoms with van der Waals surface area (Å²) < 4.78 is 19.1. The number of benzene rings is 1. The van der Waals surface area contributed by atoms with Crippen LogP contribution in [0.5, 0.6) is 0 Å². The highest BCUT2D eigenvalue weighted by Gasteiger charge is 2.42. The second-order valence-corrected chi connectivity index (χ2v) is 6.87. The van der Waals surface area contributed by atoms with Gasteiger partial charge in [-0.1, -0.05) is 0 Å². The number of aryl methyl sites for hydroxylation is 1. The molecule has 128 valence electrons. The highest BCUT2D eigenvalue weighted by atomic mass is 19.1. The van der Waals surface area contributed by atoms with E-state index in [1.54, 1.807) is 6.07 Å². The van der Waals surface area contributed by atoms with E-state index in [0.717, 1.165) is 23.8 Å². The number of nitrogens with one attached hydrogen (secondary N) is 1. The number of urea groups is 1. The number of aliphatic hydroxyl groups is 1. The minimum absolute atomic E-state index is 0.111. The number of carbonyl (C=O) groups is 1. The molecule has 3 heterocycles. The molecule has 2 atom stereocenters. The Morgan fingerprint density at radius 2 is 2.08 bits per heavy atom. The number of piperidine rings is 1. The topological polar surface area (TPSA) is 65.7 Å². The van der Waals surface area contributed by atoms with Gasteiger partial charge in [-0.15, -0.1) is 0 Å². The van der Waals surface area contributed by atoms with E-state index in [1.807, 2.05) is 11.8 Å². The third kappa shape index (κ3) is 2.55. The molecule has 0 radical (unpaired) electrons. The lowest BCUT2D eigenvalue weighted by molar-refractivity contribution is 0.0540. The second-order valence-electron chi connectivity index (χ2n) is 6.87. The maximum Gasteiger partial charge on any atom is 0.318 e. The van der Waals surface area contributed by atoms with Crippen molar-refractivity contribution < 1.29 is 18.7 Å². The molecule has 2 N–H and O–H groups in total. The molecule has 4 rings (SSSR count). The maximum absolute atomic E-state index is 13.4. The van der Waals surface area contributed by atoms with Crippen LogP contribution in [0.1, 0.15) is 37.0 Å². The molecule has 2 bridgehead atoms. The van der Waals surface area contributed by atoms with Crippen LogP contribution >= 0.6 is 0 Å². The van der Waals surface area contributed by atoms with Crippen molar-refractivity contribution in [1.82, 2.24) is 10.2 Å². The summed E-state index contributed by atoms with van der Waals surface area (Å²) in [6.07, 6.45) is 2.94. The van der Waals surface area contributed by atoms with Crippen molar-refractivity contribution in [3.8, 4) is 0 Å². The Balaban J connectivity index is 1.47. The van der Waals surface area contributed by atoms with Crippen LogP contribution in [-0.2, 0) is 6.54 Å². The average Bonchev–Trinajstić information content (AvgIpc) is 3.00. The molecule has 2 unspecified atom stereocenters. The first kappa shape index (κ1) is 15.4. The number of nitrogens with zero attached hydrogens (tertiary/aromatic N) is 1. The smallest absolute Gasteiger partial charge is 0.318 e. The first-order chi connectivity index (χ1) is 11.5. The summed E-state index contributed by atoms with van der Waals surface area (Å²) in [5.74, 6) is 0.346. The number of fused-ring (bicyclic) bond motifs is 3. The van der Waals surface area contributed by atoms with Gasteiger partial charge in [-0.05, 0) is 50.8 Å². The zero-order valence-corrected chi connectivity index (χ0v) is 13.6. The molecule has 5 nitrogen and oxygen atoms in total. The van der Waals surface area contributed by atoms with Crippen molar-refractivity contribution in [2.75, 3.05) is 0 Å². The lowest BCUT2D eigenvalue weighted by Gasteiger charge is -2.37. The Morgan fingerprint density at radius 3 is 2.79 bits per heavy atom. The molecule has 0 saturated carbocycles. The van der Waals surface area contributed by atoms with Gasteiger partial charge in [0.15, 0.2) is 0 Å². The first-order valence-corrected chi connectivity index (χ1v) is 8.44. The van der Waals surface area contributed by atoms with Crippen molar-refractivity contribution in [2.24, 2.45) is 0 Å². The van der Waals surface area contributed by atoms with Crippen LogP contribution in [0.15, 0.2) is 22.6 Å². The lowest BCUT2D eigenvalue weighted by Crippen LogP contribution is -2.51. The number of hydrogen-bond donors (Lipinski definition) is 2. The number of amides is 2. The minimum atomic E-state index is -0.301. The molecule has 1 aromatic heterocycles. The fourth-order valence-electron chi connectivity index (χ4n) is 4.14. The number of hydrogen-bond acceptors (Lipinski definition) is 3. The van der Waals surface area contributed by atoms with Crippen molar-refractivity contribution in [3.63, 3.8) is 0 Å². The molecule has 24 heavy (non-hydrogen) atoms. The Morgan fingerprint density at radius 1 is 1.38 bits per heavy atom. The molecule has 2 saturated heterocycles. The van der Waals surface area contributed by atoms with E-state index in [4.69, 9.17) is 4.42 Å².